The molecule has 3 rings (SSSR count). The average molecular weight is 705 g/mol. The van der Waals surface area contributed by atoms with Gasteiger partial charge in [0.15, 0.2) is 16.7 Å². The molecule has 0 aliphatic carbocycles. The van der Waals surface area contributed by atoms with Crippen LogP contribution >= 0.6 is 27.5 Å². The Hall–Kier alpha value is -1.50. The average Bonchev–Trinajstić information content (AvgIpc) is 2.87. The van der Waals surface area contributed by atoms with Crippen molar-refractivity contribution in [2.45, 2.75) is 88.4 Å². The Morgan fingerprint density at radius 3 is 2.27 bits per heavy atom. The molecule has 4 N–H and O–H groups in total. The van der Waals surface area contributed by atoms with Gasteiger partial charge in [-0.25, -0.2) is 4.98 Å². The van der Waals surface area contributed by atoms with Gasteiger partial charge < -0.3 is 15.2 Å². The van der Waals surface area contributed by atoms with Gasteiger partial charge in [0.2, 0.25) is 0 Å². The first-order chi connectivity index (χ1) is 19.1. The fraction of sp³-hybridized carbons (Fsp3) is 0.625. The predicted molar refractivity (Wildman–Crippen MR) is 157 cm³/mol. The van der Waals surface area contributed by atoms with E-state index in [1.165, 1.54) is 10.9 Å². The van der Waals surface area contributed by atoms with Crippen LogP contribution in [0.2, 0.25) is 5.02 Å². The number of nitrogens with zero attached hydrogens (tertiary/aromatic N) is 2. The number of nitrogens with one attached hydrogen (secondary N) is 1. The number of ether oxygens (including phenoxy) is 1. The van der Waals surface area contributed by atoms with E-state index >= 15 is 0 Å². The van der Waals surface area contributed by atoms with Gasteiger partial charge in [-0.2, -0.15) is 16.8 Å². The molecular formula is C24H35BrClN3O10S2. The van der Waals surface area contributed by atoms with Crippen LogP contribution in [0.5, 0.6) is 0 Å². The van der Waals surface area contributed by atoms with E-state index in [1.54, 1.807) is 26.0 Å². The summed E-state index contributed by atoms with van der Waals surface area (Å²) in [6.07, 6.45) is 3.30. The maximum absolute atomic E-state index is 12.5. The lowest BCUT2D eigenvalue weighted by atomic mass is 9.97. The molecule has 17 heteroatoms. The molecule has 232 valence electrons. The number of benzene rings is 1. The molecule has 0 amide bonds. The zero-order valence-electron chi connectivity index (χ0n) is 22.6. The molecule has 1 aliphatic rings. The highest BCUT2D eigenvalue weighted by Gasteiger charge is 2.32. The standard InChI is InChI=1S/C16H17BrClN3O3.C8H18O7S2/c17-11-6-13-10(5-12(11)18)16(24)21(8-20-13)7-9(22)4-14-15(23)2-1-3-19-14;1-3-5-7(16(9,10)11)15-8(6-4-2)17(12,13)14/h5-6,8,14-15,19,23H,1-4,7H2;7-8H,3-6H2,1-2H3,(H,9,10,11)(H,12,13,14)/t14-,15+;/m0./s1. The molecule has 13 nitrogen and oxygen atoms in total. The fourth-order valence-electron chi connectivity index (χ4n) is 4.13. The zero-order chi connectivity index (χ0) is 31.0. The fourth-order valence-corrected chi connectivity index (χ4v) is 6.31. The Balaban J connectivity index is 0.000000307. The minimum atomic E-state index is -4.50. The van der Waals surface area contributed by atoms with Crippen molar-refractivity contribution >= 4 is 64.5 Å². The van der Waals surface area contributed by atoms with E-state index < -0.39 is 37.2 Å². The maximum atomic E-state index is 12.5. The van der Waals surface area contributed by atoms with E-state index in [1.807, 2.05) is 0 Å². The summed E-state index contributed by atoms with van der Waals surface area (Å²) in [7, 11) is -9.00. The summed E-state index contributed by atoms with van der Waals surface area (Å²) in [5, 5.41) is 13.9. The van der Waals surface area contributed by atoms with Crippen LogP contribution in [0.15, 0.2) is 27.7 Å². The summed E-state index contributed by atoms with van der Waals surface area (Å²) in [5.74, 6) is -0.125. The van der Waals surface area contributed by atoms with Crippen LogP contribution in [0.1, 0.15) is 58.8 Å². The molecule has 4 atom stereocenters. The number of carbonyl (C=O) groups excluding carboxylic acids is 1. The SMILES string of the molecule is CCCC(OC(CCC)S(=O)(=O)O)S(=O)(=O)O.O=C(C[C@@H]1NCCC[C@H]1O)Cn1cnc2cc(Br)c(Cl)cc2c1=O. The number of hydrogen-bond acceptors (Lipinski definition) is 10. The minimum absolute atomic E-state index is 0.0471. The second kappa shape index (κ2) is 15.8. The molecule has 1 fully saturated rings. The van der Waals surface area contributed by atoms with Crippen LogP contribution in [0.25, 0.3) is 10.9 Å². The Kier molecular flexibility index (Phi) is 13.8. The summed E-state index contributed by atoms with van der Waals surface area (Å²) < 4.78 is 68.2. The van der Waals surface area contributed by atoms with Gasteiger partial charge in [0.25, 0.3) is 25.8 Å². The maximum Gasteiger partial charge on any atom is 0.292 e. The van der Waals surface area contributed by atoms with Crippen molar-refractivity contribution in [3.05, 3.63) is 38.3 Å². The quantitative estimate of drug-likeness (QED) is 0.236. The van der Waals surface area contributed by atoms with Crippen molar-refractivity contribution in [1.82, 2.24) is 14.9 Å². The smallest absolute Gasteiger partial charge is 0.292 e. The van der Waals surface area contributed by atoms with E-state index in [4.69, 9.17) is 25.4 Å². The van der Waals surface area contributed by atoms with E-state index in [-0.39, 0.29) is 43.2 Å². The first-order valence-electron chi connectivity index (χ1n) is 12.9. The molecule has 2 aromatic rings. The topological polar surface area (TPSA) is 202 Å². The van der Waals surface area contributed by atoms with Crippen molar-refractivity contribution < 1.29 is 40.6 Å². The molecule has 1 aliphatic heterocycles. The number of halogens is 2. The number of Topliss-reactive ketones (excluding diaryl/α,β-unsaturated/α-hetero) is 1. The number of rotatable bonds is 12. The van der Waals surface area contributed by atoms with Gasteiger partial charge in [0.05, 0.1) is 34.9 Å². The molecule has 0 spiro atoms. The van der Waals surface area contributed by atoms with Gasteiger partial charge in [0.1, 0.15) is 0 Å². The molecule has 1 saturated heterocycles. The van der Waals surface area contributed by atoms with Crippen molar-refractivity contribution in [2.24, 2.45) is 0 Å². The van der Waals surface area contributed by atoms with Crippen molar-refractivity contribution in [3.8, 4) is 0 Å². The number of carbonyl (C=O) groups is 1. The summed E-state index contributed by atoms with van der Waals surface area (Å²) in [5.41, 5.74) is -3.05. The lowest BCUT2D eigenvalue weighted by Gasteiger charge is -2.28. The minimum Gasteiger partial charge on any atom is -0.391 e. The monoisotopic (exact) mass is 703 g/mol. The Morgan fingerprint density at radius 1 is 1.17 bits per heavy atom. The van der Waals surface area contributed by atoms with Gasteiger partial charge in [-0.3, -0.25) is 23.3 Å². The summed E-state index contributed by atoms with van der Waals surface area (Å²) in [6, 6.07) is 2.97. The van der Waals surface area contributed by atoms with E-state index in [0.717, 1.165) is 13.0 Å². The van der Waals surface area contributed by atoms with Gasteiger partial charge in [0, 0.05) is 16.9 Å². The number of ketones is 1. The largest absolute Gasteiger partial charge is 0.391 e. The third-order valence-electron chi connectivity index (χ3n) is 6.22. The van der Waals surface area contributed by atoms with Crippen molar-refractivity contribution in [2.75, 3.05) is 6.54 Å². The highest BCUT2D eigenvalue weighted by atomic mass is 79.9. The Morgan fingerprint density at radius 2 is 1.76 bits per heavy atom. The normalized spacial score (nSPS) is 19.3. The zero-order valence-corrected chi connectivity index (χ0v) is 26.5. The first kappa shape index (κ1) is 35.7. The number of aliphatic hydroxyl groups is 1. The lowest BCUT2D eigenvalue weighted by Crippen LogP contribution is -2.46. The number of aliphatic hydroxyl groups excluding tert-OH is 1. The highest BCUT2D eigenvalue weighted by molar-refractivity contribution is 9.10. The second-order valence-electron chi connectivity index (χ2n) is 9.58. The van der Waals surface area contributed by atoms with E-state index in [9.17, 15) is 31.5 Å². The van der Waals surface area contributed by atoms with Gasteiger partial charge >= 0.3 is 0 Å². The first-order valence-corrected chi connectivity index (χ1v) is 17.1. The molecule has 1 aromatic carbocycles. The molecular weight excluding hydrogens is 670 g/mol. The number of hydrogen-bond donors (Lipinski definition) is 4. The Bertz CT molecular complexity index is 1430. The third kappa shape index (κ3) is 10.9. The molecule has 41 heavy (non-hydrogen) atoms. The summed E-state index contributed by atoms with van der Waals surface area (Å²) in [4.78, 5) is 29.0. The van der Waals surface area contributed by atoms with Crippen LogP contribution in [-0.2, 0) is 36.3 Å². The molecule has 0 saturated carbocycles. The van der Waals surface area contributed by atoms with Crippen LogP contribution in [0, 0.1) is 0 Å². The van der Waals surface area contributed by atoms with Gasteiger partial charge in [-0.05, 0) is 60.3 Å². The van der Waals surface area contributed by atoms with Crippen LogP contribution < -0.4 is 10.9 Å². The molecule has 2 unspecified atom stereocenters. The lowest BCUT2D eigenvalue weighted by molar-refractivity contribution is -0.121. The summed E-state index contributed by atoms with van der Waals surface area (Å²) >= 11 is 9.33. The number of fused-ring (bicyclic) bond motifs is 1. The molecule has 1 aromatic heterocycles. The molecule has 2 heterocycles. The van der Waals surface area contributed by atoms with E-state index in [2.05, 4.69) is 26.2 Å². The van der Waals surface area contributed by atoms with Gasteiger partial charge in [-0.1, -0.05) is 38.3 Å². The van der Waals surface area contributed by atoms with Crippen LogP contribution in [0.4, 0.5) is 0 Å². The van der Waals surface area contributed by atoms with Crippen LogP contribution in [-0.4, -0.2) is 75.9 Å². The van der Waals surface area contributed by atoms with Crippen molar-refractivity contribution in [3.63, 3.8) is 0 Å². The second-order valence-corrected chi connectivity index (χ2v) is 13.9. The van der Waals surface area contributed by atoms with Gasteiger partial charge in [-0.15, -0.1) is 0 Å². The summed E-state index contributed by atoms with van der Waals surface area (Å²) in [6.45, 7) is 4.04. The Labute approximate surface area is 252 Å². The van der Waals surface area contributed by atoms with E-state index in [0.29, 0.717) is 39.7 Å². The molecule has 0 bridgehead atoms. The highest BCUT2D eigenvalue weighted by Crippen LogP contribution is 2.25. The predicted octanol–water partition coefficient (Wildman–Crippen LogP) is 2.92. The number of piperidine rings is 1. The third-order valence-corrected chi connectivity index (χ3v) is 9.44. The molecule has 0 radical (unpaired) electrons. The van der Waals surface area contributed by atoms with Crippen molar-refractivity contribution in [1.29, 1.82) is 0 Å². The van der Waals surface area contributed by atoms with Crippen LogP contribution in [0.3, 0.4) is 0 Å². The number of aromatic nitrogens is 2.